The minimum absolute atomic E-state index is 0.0957. The van der Waals surface area contributed by atoms with Crippen LogP contribution >= 0.6 is 0 Å². The molecule has 0 amide bonds. The summed E-state index contributed by atoms with van der Waals surface area (Å²) in [5, 5.41) is 6.92. The lowest BCUT2D eigenvalue weighted by Crippen LogP contribution is -2.23. The van der Waals surface area contributed by atoms with Crippen LogP contribution in [0.3, 0.4) is 0 Å². The molecule has 7 heteroatoms. The van der Waals surface area contributed by atoms with Crippen molar-refractivity contribution in [3.05, 3.63) is 41.3 Å². The lowest BCUT2D eigenvalue weighted by molar-refractivity contribution is 0.377. The predicted molar refractivity (Wildman–Crippen MR) is 73.9 cm³/mol. The molecule has 106 valence electrons. The van der Waals surface area contributed by atoms with Crippen LogP contribution in [0.25, 0.3) is 0 Å². The lowest BCUT2D eigenvalue weighted by Gasteiger charge is -2.07. The molecule has 1 aromatic carbocycles. The molecular weight excluding hydrogens is 278 g/mol. The zero-order valence-electron chi connectivity index (χ0n) is 11.0. The summed E-state index contributed by atoms with van der Waals surface area (Å²) in [5.41, 5.74) is 2.76. The first-order valence-corrected chi connectivity index (χ1v) is 7.81. The number of aryl methyl sites for hydroxylation is 1. The van der Waals surface area contributed by atoms with Crippen LogP contribution in [0.5, 0.6) is 0 Å². The average Bonchev–Trinajstić information content (AvgIpc) is 3.04. The van der Waals surface area contributed by atoms with E-state index in [0.29, 0.717) is 5.76 Å². The Labute approximate surface area is 117 Å². The van der Waals surface area contributed by atoms with Gasteiger partial charge in [-0.3, -0.25) is 0 Å². The van der Waals surface area contributed by atoms with E-state index in [1.165, 1.54) is 0 Å². The molecule has 0 saturated carbocycles. The van der Waals surface area contributed by atoms with Crippen LogP contribution in [0.2, 0.25) is 0 Å². The van der Waals surface area contributed by atoms with Crippen molar-refractivity contribution in [2.24, 2.45) is 0 Å². The van der Waals surface area contributed by atoms with Crippen molar-refractivity contribution in [3.63, 3.8) is 0 Å². The van der Waals surface area contributed by atoms with E-state index < -0.39 is 10.0 Å². The predicted octanol–water partition coefficient (Wildman–Crippen LogP) is 1.43. The number of nitrogens with one attached hydrogen (secondary N) is 2. The van der Waals surface area contributed by atoms with Gasteiger partial charge in [0, 0.05) is 18.3 Å². The number of anilines is 1. The molecule has 2 heterocycles. The molecule has 20 heavy (non-hydrogen) atoms. The zero-order chi connectivity index (χ0) is 14.2. The van der Waals surface area contributed by atoms with E-state index in [1.807, 2.05) is 0 Å². The maximum Gasteiger partial charge on any atom is 0.240 e. The quantitative estimate of drug-likeness (QED) is 0.891. The van der Waals surface area contributed by atoms with E-state index in [-0.39, 0.29) is 11.4 Å². The van der Waals surface area contributed by atoms with Crippen LogP contribution in [0.4, 0.5) is 5.69 Å². The lowest BCUT2D eigenvalue weighted by atomic mass is 10.2. The second kappa shape index (κ2) is 4.92. The molecule has 0 bridgehead atoms. The first-order valence-electron chi connectivity index (χ1n) is 6.33. The van der Waals surface area contributed by atoms with Crippen LogP contribution in [-0.2, 0) is 23.0 Å². The molecule has 6 nitrogen and oxygen atoms in total. The van der Waals surface area contributed by atoms with Crippen molar-refractivity contribution < 1.29 is 12.9 Å². The van der Waals surface area contributed by atoms with Crippen LogP contribution < -0.4 is 10.0 Å². The molecule has 0 radical (unpaired) electrons. The fourth-order valence-electron chi connectivity index (χ4n) is 2.20. The maximum atomic E-state index is 12.2. The minimum Gasteiger partial charge on any atom is -0.384 e. The fraction of sp³-hybridized carbons (Fsp3) is 0.308. The third kappa shape index (κ3) is 2.54. The molecule has 0 spiro atoms. The Morgan fingerprint density at radius 2 is 2.25 bits per heavy atom. The van der Waals surface area contributed by atoms with Gasteiger partial charge in [0.15, 0.2) is 5.76 Å². The minimum atomic E-state index is -3.54. The second-order valence-corrected chi connectivity index (χ2v) is 6.52. The van der Waals surface area contributed by atoms with E-state index in [2.05, 4.69) is 15.2 Å². The molecule has 1 aliphatic heterocycles. The Hall–Kier alpha value is -1.86. The first kappa shape index (κ1) is 13.1. The largest absolute Gasteiger partial charge is 0.384 e. The van der Waals surface area contributed by atoms with E-state index in [0.717, 1.165) is 29.9 Å². The van der Waals surface area contributed by atoms with Gasteiger partial charge in [0.2, 0.25) is 10.0 Å². The monoisotopic (exact) mass is 293 g/mol. The maximum absolute atomic E-state index is 12.2. The van der Waals surface area contributed by atoms with Crippen LogP contribution in [-0.4, -0.2) is 20.1 Å². The summed E-state index contributed by atoms with van der Waals surface area (Å²) >= 11 is 0. The average molecular weight is 293 g/mol. The molecule has 1 aromatic heterocycles. The Morgan fingerprint density at radius 1 is 1.40 bits per heavy atom. The number of aromatic nitrogens is 1. The molecule has 1 aliphatic rings. The van der Waals surface area contributed by atoms with Crippen LogP contribution in [0.1, 0.15) is 17.0 Å². The van der Waals surface area contributed by atoms with Crippen molar-refractivity contribution in [3.8, 4) is 0 Å². The summed E-state index contributed by atoms with van der Waals surface area (Å²) in [5.74, 6) is 0.494. The number of nitrogens with zero attached hydrogens (tertiary/aromatic N) is 1. The first-order chi connectivity index (χ1) is 9.54. The van der Waals surface area contributed by atoms with E-state index >= 15 is 0 Å². The highest BCUT2D eigenvalue weighted by Crippen LogP contribution is 2.25. The molecule has 2 N–H and O–H groups in total. The van der Waals surface area contributed by atoms with Gasteiger partial charge >= 0.3 is 0 Å². The Kier molecular flexibility index (Phi) is 3.23. The van der Waals surface area contributed by atoms with Gasteiger partial charge in [-0.05, 0) is 37.1 Å². The Bertz CT molecular complexity index is 737. The SMILES string of the molecule is Cc1cc(CNS(=O)(=O)c2ccc3c(c2)CCN3)on1. The van der Waals surface area contributed by atoms with Crippen molar-refractivity contribution >= 4 is 15.7 Å². The molecule has 0 atom stereocenters. The van der Waals surface area contributed by atoms with Crippen molar-refractivity contribution in [1.82, 2.24) is 9.88 Å². The smallest absolute Gasteiger partial charge is 0.240 e. The van der Waals surface area contributed by atoms with Crippen molar-refractivity contribution in [1.29, 1.82) is 0 Å². The highest BCUT2D eigenvalue weighted by Gasteiger charge is 2.18. The van der Waals surface area contributed by atoms with Gasteiger partial charge in [-0.1, -0.05) is 5.16 Å². The van der Waals surface area contributed by atoms with Gasteiger partial charge in [-0.2, -0.15) is 0 Å². The van der Waals surface area contributed by atoms with Gasteiger partial charge in [0.25, 0.3) is 0 Å². The third-order valence-electron chi connectivity index (χ3n) is 3.21. The molecule has 0 unspecified atom stereocenters. The number of fused-ring (bicyclic) bond motifs is 1. The van der Waals surface area contributed by atoms with Gasteiger partial charge in [-0.25, -0.2) is 13.1 Å². The standard InChI is InChI=1S/C13H15N3O3S/c1-9-6-11(19-16-9)8-15-20(17,18)12-2-3-13-10(7-12)4-5-14-13/h2-3,6-7,14-15H,4-5,8H2,1H3. The molecule has 2 aromatic rings. The van der Waals surface area contributed by atoms with Crippen LogP contribution in [0.15, 0.2) is 33.7 Å². The van der Waals surface area contributed by atoms with E-state index in [9.17, 15) is 8.42 Å². The molecular formula is C13H15N3O3S. The highest BCUT2D eigenvalue weighted by atomic mass is 32.2. The summed E-state index contributed by atoms with van der Waals surface area (Å²) < 4.78 is 31.9. The third-order valence-corrected chi connectivity index (χ3v) is 4.61. The van der Waals surface area contributed by atoms with Crippen LogP contribution in [0, 0.1) is 6.92 Å². The highest BCUT2D eigenvalue weighted by molar-refractivity contribution is 7.89. The van der Waals surface area contributed by atoms with Gasteiger partial charge < -0.3 is 9.84 Å². The Morgan fingerprint density at radius 3 is 3.00 bits per heavy atom. The summed E-state index contributed by atoms with van der Waals surface area (Å²) in [7, 11) is -3.54. The van der Waals surface area contributed by atoms with E-state index in [4.69, 9.17) is 4.52 Å². The van der Waals surface area contributed by atoms with Gasteiger partial charge in [-0.15, -0.1) is 0 Å². The summed E-state index contributed by atoms with van der Waals surface area (Å²) in [6.45, 7) is 2.73. The second-order valence-electron chi connectivity index (χ2n) is 4.75. The molecule has 0 saturated heterocycles. The summed E-state index contributed by atoms with van der Waals surface area (Å²) in [4.78, 5) is 0.274. The molecule has 0 aliphatic carbocycles. The van der Waals surface area contributed by atoms with Gasteiger partial charge in [0.1, 0.15) is 0 Å². The van der Waals surface area contributed by atoms with E-state index in [1.54, 1.807) is 31.2 Å². The van der Waals surface area contributed by atoms with Crippen molar-refractivity contribution in [2.45, 2.75) is 24.8 Å². The fourth-order valence-corrected chi connectivity index (χ4v) is 3.24. The Balaban J connectivity index is 1.78. The number of rotatable bonds is 4. The number of sulfonamides is 1. The normalized spacial score (nSPS) is 14.1. The number of benzene rings is 1. The van der Waals surface area contributed by atoms with Crippen molar-refractivity contribution in [2.75, 3.05) is 11.9 Å². The summed E-state index contributed by atoms with van der Waals surface area (Å²) in [6, 6.07) is 6.82. The summed E-state index contributed by atoms with van der Waals surface area (Å²) in [6.07, 6.45) is 0.847. The molecule has 0 fully saturated rings. The molecule has 3 rings (SSSR count). The number of hydrogen-bond acceptors (Lipinski definition) is 5. The number of hydrogen-bond donors (Lipinski definition) is 2. The van der Waals surface area contributed by atoms with Gasteiger partial charge in [0.05, 0.1) is 17.1 Å². The topological polar surface area (TPSA) is 84.2 Å². The zero-order valence-corrected chi connectivity index (χ0v) is 11.8.